The van der Waals surface area contributed by atoms with Crippen LogP contribution in [0.2, 0.25) is 0 Å². The minimum Gasteiger partial charge on any atom is -0.497 e. The molecule has 3 aromatic rings. The maximum absolute atomic E-state index is 5.87. The van der Waals surface area contributed by atoms with Crippen LogP contribution in [0.4, 0.5) is 5.82 Å². The zero-order valence-corrected chi connectivity index (χ0v) is 16.9. The lowest BCUT2D eigenvalue weighted by molar-refractivity contribution is 0.414. The Bertz CT molecular complexity index is 924. The monoisotopic (exact) mass is 429 g/mol. The first-order valence-corrected chi connectivity index (χ1v) is 10.1. The number of fused-ring (bicyclic) bond motifs is 1. The van der Waals surface area contributed by atoms with Crippen LogP contribution in [-0.2, 0) is 6.54 Å². The number of benzene rings is 1. The zero-order valence-electron chi connectivity index (χ0n) is 15.4. The van der Waals surface area contributed by atoms with Crippen molar-refractivity contribution in [2.24, 2.45) is 11.7 Å². The van der Waals surface area contributed by atoms with Crippen LogP contribution >= 0.6 is 15.9 Å². The molecule has 3 N–H and O–H groups in total. The van der Waals surface area contributed by atoms with E-state index >= 15 is 0 Å². The Morgan fingerprint density at radius 1 is 1.26 bits per heavy atom. The maximum atomic E-state index is 5.87. The summed E-state index contributed by atoms with van der Waals surface area (Å²) in [6, 6.07) is 8.49. The molecule has 0 amide bonds. The molecule has 2 unspecified atom stereocenters. The number of hydrogen-bond acceptors (Lipinski definition) is 5. The summed E-state index contributed by atoms with van der Waals surface area (Å²) < 4.78 is 8.52. The van der Waals surface area contributed by atoms with Crippen LogP contribution in [0.15, 0.2) is 41.3 Å². The number of aromatic nitrogens is 3. The standard InChI is InChI=1S/C20H24BrN5O/c1-27-16-6-3-13(4-7-16)10-23-19-18-17(21)11-26(20(18)25-12-24-19)15-5-2-14(8-15)9-22/h3-4,6-7,11-12,14-15H,2,5,8-10,22H2,1H3,(H,23,24,25). The van der Waals surface area contributed by atoms with Crippen LogP contribution in [0, 0.1) is 5.92 Å². The van der Waals surface area contributed by atoms with Gasteiger partial charge < -0.3 is 20.4 Å². The smallest absolute Gasteiger partial charge is 0.146 e. The van der Waals surface area contributed by atoms with Crippen LogP contribution < -0.4 is 15.8 Å². The molecule has 6 nitrogen and oxygen atoms in total. The molecule has 2 heterocycles. The van der Waals surface area contributed by atoms with Gasteiger partial charge in [0.2, 0.25) is 0 Å². The van der Waals surface area contributed by atoms with Crippen molar-refractivity contribution in [3.8, 4) is 5.75 Å². The molecule has 0 aliphatic heterocycles. The van der Waals surface area contributed by atoms with E-state index in [1.807, 2.05) is 12.1 Å². The summed E-state index contributed by atoms with van der Waals surface area (Å²) in [5.41, 5.74) is 8.00. The first-order valence-electron chi connectivity index (χ1n) is 9.27. The Morgan fingerprint density at radius 2 is 2.07 bits per heavy atom. The van der Waals surface area contributed by atoms with E-state index in [4.69, 9.17) is 10.5 Å². The second-order valence-electron chi connectivity index (χ2n) is 7.08. The lowest BCUT2D eigenvalue weighted by atomic mass is 10.1. The number of ether oxygens (including phenoxy) is 1. The highest BCUT2D eigenvalue weighted by Gasteiger charge is 2.27. The van der Waals surface area contributed by atoms with E-state index in [0.717, 1.165) is 46.5 Å². The summed E-state index contributed by atoms with van der Waals surface area (Å²) in [5.74, 6) is 2.31. The van der Waals surface area contributed by atoms with E-state index < -0.39 is 0 Å². The fourth-order valence-electron chi connectivity index (χ4n) is 3.90. The quantitative estimate of drug-likeness (QED) is 0.616. The molecule has 1 saturated carbocycles. The topological polar surface area (TPSA) is 78.0 Å². The highest BCUT2D eigenvalue weighted by Crippen LogP contribution is 2.39. The summed E-state index contributed by atoms with van der Waals surface area (Å²) in [4.78, 5) is 9.05. The molecular formula is C20H24BrN5O. The minimum absolute atomic E-state index is 0.455. The Morgan fingerprint density at radius 3 is 2.78 bits per heavy atom. The number of nitrogens with one attached hydrogen (secondary N) is 1. The molecule has 0 spiro atoms. The van der Waals surface area contributed by atoms with E-state index in [1.165, 1.54) is 12.0 Å². The highest BCUT2D eigenvalue weighted by atomic mass is 79.9. The lowest BCUT2D eigenvalue weighted by Crippen LogP contribution is -2.12. The summed E-state index contributed by atoms with van der Waals surface area (Å²) >= 11 is 3.71. The largest absolute Gasteiger partial charge is 0.497 e. The minimum atomic E-state index is 0.455. The first kappa shape index (κ1) is 18.3. The van der Waals surface area contributed by atoms with E-state index in [2.05, 4.69) is 54.1 Å². The maximum Gasteiger partial charge on any atom is 0.146 e. The molecule has 1 aliphatic rings. The van der Waals surface area contributed by atoms with Gasteiger partial charge in [0.15, 0.2) is 0 Å². The number of methoxy groups -OCH3 is 1. The molecule has 1 aromatic carbocycles. The molecule has 27 heavy (non-hydrogen) atoms. The van der Waals surface area contributed by atoms with Gasteiger partial charge in [0.05, 0.1) is 12.5 Å². The van der Waals surface area contributed by atoms with Gasteiger partial charge in [-0.05, 0) is 65.4 Å². The van der Waals surface area contributed by atoms with Crippen molar-refractivity contribution in [1.29, 1.82) is 0 Å². The molecule has 1 fully saturated rings. The Hall–Kier alpha value is -2.12. The molecule has 142 valence electrons. The van der Waals surface area contributed by atoms with Gasteiger partial charge in [0.1, 0.15) is 23.5 Å². The number of halogens is 1. The van der Waals surface area contributed by atoms with E-state index in [9.17, 15) is 0 Å². The van der Waals surface area contributed by atoms with Gasteiger partial charge in [0.25, 0.3) is 0 Å². The highest BCUT2D eigenvalue weighted by molar-refractivity contribution is 9.10. The molecule has 0 bridgehead atoms. The van der Waals surface area contributed by atoms with Gasteiger partial charge in [-0.1, -0.05) is 12.1 Å². The molecule has 2 atom stereocenters. The van der Waals surface area contributed by atoms with Crippen LogP contribution in [0.5, 0.6) is 5.75 Å². The number of nitrogens with zero attached hydrogens (tertiary/aromatic N) is 3. The first-order chi connectivity index (χ1) is 13.2. The Kier molecular flexibility index (Phi) is 5.31. The SMILES string of the molecule is COc1ccc(CNc2ncnc3c2c(Br)cn3C2CCC(CN)C2)cc1. The third kappa shape index (κ3) is 3.66. The summed E-state index contributed by atoms with van der Waals surface area (Å²) in [7, 11) is 1.67. The van der Waals surface area contributed by atoms with Gasteiger partial charge in [-0.2, -0.15) is 0 Å². The number of anilines is 1. The predicted molar refractivity (Wildman–Crippen MR) is 111 cm³/mol. The lowest BCUT2D eigenvalue weighted by Gasteiger charge is -2.14. The van der Waals surface area contributed by atoms with Crippen molar-refractivity contribution in [3.05, 3.63) is 46.8 Å². The number of nitrogens with two attached hydrogens (primary N) is 1. The van der Waals surface area contributed by atoms with E-state index in [0.29, 0.717) is 18.5 Å². The summed E-state index contributed by atoms with van der Waals surface area (Å²) in [5, 5.41) is 4.48. The molecule has 4 rings (SSSR count). The van der Waals surface area contributed by atoms with Crippen molar-refractivity contribution in [2.75, 3.05) is 19.0 Å². The third-order valence-corrected chi connectivity index (χ3v) is 6.02. The Labute approximate surface area is 167 Å². The average molecular weight is 430 g/mol. The van der Waals surface area contributed by atoms with Crippen LogP contribution in [0.1, 0.15) is 30.9 Å². The van der Waals surface area contributed by atoms with Crippen molar-refractivity contribution in [2.45, 2.75) is 31.8 Å². The summed E-state index contributed by atoms with van der Waals surface area (Å²) in [6.45, 7) is 1.45. The molecule has 0 saturated heterocycles. The van der Waals surface area contributed by atoms with Crippen LogP contribution in [0.3, 0.4) is 0 Å². The predicted octanol–water partition coefficient (Wildman–Crippen LogP) is 4.11. The molecule has 0 radical (unpaired) electrons. The van der Waals surface area contributed by atoms with Gasteiger partial charge in [-0.15, -0.1) is 0 Å². The van der Waals surface area contributed by atoms with Gasteiger partial charge in [0, 0.05) is 23.3 Å². The van der Waals surface area contributed by atoms with Gasteiger partial charge in [-0.3, -0.25) is 0 Å². The zero-order chi connectivity index (χ0) is 18.8. The van der Waals surface area contributed by atoms with Crippen molar-refractivity contribution in [3.63, 3.8) is 0 Å². The van der Waals surface area contributed by atoms with Crippen molar-refractivity contribution < 1.29 is 4.74 Å². The Balaban J connectivity index is 1.58. The fourth-order valence-corrected chi connectivity index (χ4v) is 4.48. The fraction of sp³-hybridized carbons (Fsp3) is 0.400. The van der Waals surface area contributed by atoms with Crippen LogP contribution in [-0.4, -0.2) is 28.2 Å². The van der Waals surface area contributed by atoms with Crippen LogP contribution in [0.25, 0.3) is 11.0 Å². The number of hydrogen-bond donors (Lipinski definition) is 2. The molecule has 1 aliphatic carbocycles. The third-order valence-electron chi connectivity index (χ3n) is 5.42. The molecular weight excluding hydrogens is 406 g/mol. The van der Waals surface area contributed by atoms with E-state index in [-0.39, 0.29) is 0 Å². The summed E-state index contributed by atoms with van der Waals surface area (Å²) in [6.07, 6.45) is 7.23. The second kappa shape index (κ2) is 7.86. The van der Waals surface area contributed by atoms with Gasteiger partial charge >= 0.3 is 0 Å². The molecule has 2 aromatic heterocycles. The van der Waals surface area contributed by atoms with Crippen molar-refractivity contribution in [1.82, 2.24) is 14.5 Å². The van der Waals surface area contributed by atoms with Gasteiger partial charge in [-0.25, -0.2) is 9.97 Å². The number of rotatable bonds is 6. The average Bonchev–Trinajstić information content (AvgIpc) is 3.31. The second-order valence-corrected chi connectivity index (χ2v) is 7.93. The van der Waals surface area contributed by atoms with E-state index in [1.54, 1.807) is 13.4 Å². The molecule has 7 heteroatoms. The van der Waals surface area contributed by atoms with Crippen molar-refractivity contribution >= 4 is 32.8 Å². The normalized spacial score (nSPS) is 19.5.